The van der Waals surface area contributed by atoms with E-state index in [1.807, 2.05) is 0 Å². The van der Waals surface area contributed by atoms with Gasteiger partial charge in [0, 0.05) is 19.2 Å². The van der Waals surface area contributed by atoms with Gasteiger partial charge in [-0.2, -0.15) is 0 Å². The van der Waals surface area contributed by atoms with Crippen molar-refractivity contribution in [1.29, 1.82) is 0 Å². The molecule has 0 aliphatic heterocycles. The molecule has 1 rings (SSSR count). The number of nitrogen functional groups attached to an aromatic ring is 1. The molecule has 0 atom stereocenters. The number of hydrogen-bond acceptors (Lipinski definition) is 4. The number of nitrogens with two attached hydrogens (primary N) is 1. The van der Waals surface area contributed by atoms with Gasteiger partial charge in [0.25, 0.3) is 0 Å². The van der Waals surface area contributed by atoms with Crippen LogP contribution < -0.4 is 10.5 Å². The summed E-state index contributed by atoms with van der Waals surface area (Å²) >= 11 is 0. The molecule has 16 heavy (non-hydrogen) atoms. The van der Waals surface area contributed by atoms with Gasteiger partial charge in [-0.05, 0) is 19.1 Å². The number of aromatic nitrogens is 1. The fraction of sp³-hybridized carbons (Fsp3) is 0.300. The molecule has 0 spiro atoms. The molecule has 0 radical (unpaired) electrons. The van der Waals surface area contributed by atoms with Gasteiger partial charge >= 0.3 is 0 Å². The van der Waals surface area contributed by atoms with Crippen LogP contribution in [0, 0.1) is 11.8 Å². The number of nitrogens with zero attached hydrogens (tertiary/aromatic N) is 1. The van der Waals surface area contributed by atoms with Gasteiger partial charge in [-0.15, -0.1) is 11.8 Å². The Kier molecular flexibility index (Phi) is 4.28. The molecule has 0 aromatic carbocycles. The first-order valence-corrected chi connectivity index (χ1v) is 6.15. The van der Waals surface area contributed by atoms with E-state index in [9.17, 15) is 8.42 Å². The van der Waals surface area contributed by atoms with Crippen LogP contribution in [-0.2, 0) is 10.0 Å². The van der Waals surface area contributed by atoms with Crippen LogP contribution >= 0.6 is 0 Å². The van der Waals surface area contributed by atoms with E-state index >= 15 is 0 Å². The predicted molar refractivity (Wildman–Crippen MR) is 61.9 cm³/mol. The van der Waals surface area contributed by atoms with E-state index in [0.29, 0.717) is 6.42 Å². The number of hydrogen-bond donors (Lipinski definition) is 2. The van der Waals surface area contributed by atoms with E-state index in [1.165, 1.54) is 18.3 Å². The molecule has 3 N–H and O–H groups in total. The Morgan fingerprint density at radius 1 is 1.50 bits per heavy atom. The van der Waals surface area contributed by atoms with Crippen molar-refractivity contribution in [2.45, 2.75) is 18.2 Å². The molecule has 1 heterocycles. The molecule has 0 aliphatic carbocycles. The van der Waals surface area contributed by atoms with Crippen LogP contribution in [0.2, 0.25) is 0 Å². The third-order valence-electron chi connectivity index (χ3n) is 1.79. The smallest absolute Gasteiger partial charge is 0.242 e. The summed E-state index contributed by atoms with van der Waals surface area (Å²) in [6.45, 7) is 1.99. The van der Waals surface area contributed by atoms with Gasteiger partial charge in [0.2, 0.25) is 10.0 Å². The Hall–Kier alpha value is -1.58. The fourth-order valence-electron chi connectivity index (χ4n) is 1.01. The lowest BCUT2D eigenvalue weighted by Crippen LogP contribution is -2.24. The van der Waals surface area contributed by atoms with Crippen molar-refractivity contribution in [1.82, 2.24) is 9.71 Å². The zero-order valence-electron chi connectivity index (χ0n) is 8.90. The molecule has 0 bridgehead atoms. The molecule has 6 heteroatoms. The third kappa shape index (κ3) is 3.53. The minimum atomic E-state index is -3.49. The highest BCUT2D eigenvalue weighted by molar-refractivity contribution is 7.89. The Balaban J connectivity index is 2.69. The zero-order chi connectivity index (χ0) is 12.0. The average Bonchev–Trinajstić information content (AvgIpc) is 2.25. The lowest BCUT2D eigenvalue weighted by molar-refractivity contribution is 0.582. The molecule has 5 nitrogen and oxygen atoms in total. The second-order valence-electron chi connectivity index (χ2n) is 2.99. The number of pyridine rings is 1. The largest absolute Gasteiger partial charge is 0.384 e. The zero-order valence-corrected chi connectivity index (χ0v) is 9.71. The average molecular weight is 239 g/mol. The Morgan fingerprint density at radius 2 is 2.25 bits per heavy atom. The van der Waals surface area contributed by atoms with Crippen LogP contribution in [0.4, 0.5) is 5.82 Å². The summed E-state index contributed by atoms with van der Waals surface area (Å²) in [6.07, 6.45) is 1.71. The minimum absolute atomic E-state index is 0.103. The van der Waals surface area contributed by atoms with Gasteiger partial charge in [-0.3, -0.25) is 0 Å². The van der Waals surface area contributed by atoms with E-state index in [0.717, 1.165) is 0 Å². The highest BCUT2D eigenvalue weighted by Gasteiger charge is 2.12. The Bertz CT molecular complexity index is 497. The van der Waals surface area contributed by atoms with Gasteiger partial charge in [0.1, 0.15) is 10.7 Å². The number of rotatable bonds is 4. The topological polar surface area (TPSA) is 85.1 Å². The SMILES string of the molecule is CC#CCCNS(=O)(=O)c1ccc(N)nc1. The summed E-state index contributed by atoms with van der Waals surface area (Å²) in [5, 5.41) is 0. The van der Waals surface area contributed by atoms with Gasteiger partial charge < -0.3 is 5.73 Å². The van der Waals surface area contributed by atoms with E-state index in [1.54, 1.807) is 6.92 Å². The highest BCUT2D eigenvalue weighted by atomic mass is 32.2. The summed E-state index contributed by atoms with van der Waals surface area (Å²) in [5.74, 6) is 5.74. The normalized spacial score (nSPS) is 10.6. The van der Waals surface area contributed by atoms with Crippen LogP contribution in [0.1, 0.15) is 13.3 Å². The molecule has 0 aliphatic rings. The molecule has 1 aromatic heterocycles. The van der Waals surface area contributed by atoms with Crippen molar-refractivity contribution in [3.8, 4) is 11.8 Å². The quantitative estimate of drug-likeness (QED) is 0.586. The van der Waals surface area contributed by atoms with Crippen LogP contribution in [0.3, 0.4) is 0 Å². The number of sulfonamides is 1. The van der Waals surface area contributed by atoms with Gasteiger partial charge in [-0.25, -0.2) is 18.1 Å². The van der Waals surface area contributed by atoms with Crippen LogP contribution in [0.5, 0.6) is 0 Å². The summed E-state index contributed by atoms with van der Waals surface area (Å²) in [7, 11) is -3.49. The van der Waals surface area contributed by atoms with E-state index in [-0.39, 0.29) is 17.3 Å². The third-order valence-corrected chi connectivity index (χ3v) is 3.23. The van der Waals surface area contributed by atoms with Crippen molar-refractivity contribution < 1.29 is 8.42 Å². The number of anilines is 1. The predicted octanol–water partition coefficient (Wildman–Crippen LogP) is 0.356. The highest BCUT2D eigenvalue weighted by Crippen LogP contribution is 2.07. The summed E-state index contributed by atoms with van der Waals surface area (Å²) in [6, 6.07) is 2.86. The molecular formula is C10H13N3O2S. The first-order valence-electron chi connectivity index (χ1n) is 4.67. The number of nitrogens with one attached hydrogen (secondary N) is 1. The molecule has 0 unspecified atom stereocenters. The van der Waals surface area contributed by atoms with Gasteiger partial charge in [-0.1, -0.05) is 0 Å². The standard InChI is InChI=1S/C10H13N3O2S/c1-2-3-4-7-13-16(14,15)9-5-6-10(11)12-8-9/h5-6,8,13H,4,7H2,1H3,(H2,11,12). The second-order valence-corrected chi connectivity index (χ2v) is 4.76. The first kappa shape index (κ1) is 12.5. The molecule has 0 saturated carbocycles. The first-order chi connectivity index (χ1) is 7.56. The van der Waals surface area contributed by atoms with Gasteiger partial charge in [0.05, 0.1) is 0 Å². The van der Waals surface area contributed by atoms with E-state index in [2.05, 4.69) is 21.5 Å². The Labute approximate surface area is 95.1 Å². The van der Waals surface area contributed by atoms with Crippen molar-refractivity contribution in [3.63, 3.8) is 0 Å². The minimum Gasteiger partial charge on any atom is -0.384 e. The molecule has 86 valence electrons. The maximum Gasteiger partial charge on any atom is 0.242 e. The van der Waals surface area contributed by atoms with Crippen LogP contribution in [0.15, 0.2) is 23.2 Å². The lowest BCUT2D eigenvalue weighted by Gasteiger charge is -2.04. The summed E-state index contributed by atoms with van der Waals surface area (Å²) in [5.41, 5.74) is 5.37. The maximum absolute atomic E-state index is 11.7. The molecule has 0 saturated heterocycles. The van der Waals surface area contributed by atoms with E-state index in [4.69, 9.17) is 5.73 Å². The molecule has 1 aromatic rings. The molecule has 0 fully saturated rings. The molecule has 0 amide bonds. The van der Waals surface area contributed by atoms with E-state index < -0.39 is 10.0 Å². The van der Waals surface area contributed by atoms with Crippen LogP contribution in [0.25, 0.3) is 0 Å². The second kappa shape index (κ2) is 5.49. The van der Waals surface area contributed by atoms with Gasteiger partial charge in [0.15, 0.2) is 0 Å². The maximum atomic E-state index is 11.7. The fourth-order valence-corrected chi connectivity index (χ4v) is 1.98. The van der Waals surface area contributed by atoms with Crippen molar-refractivity contribution in [2.24, 2.45) is 0 Å². The summed E-state index contributed by atoms with van der Waals surface area (Å²) < 4.78 is 25.8. The van der Waals surface area contributed by atoms with Crippen LogP contribution in [-0.4, -0.2) is 19.9 Å². The van der Waals surface area contributed by atoms with Crippen molar-refractivity contribution in [2.75, 3.05) is 12.3 Å². The van der Waals surface area contributed by atoms with Crippen molar-refractivity contribution >= 4 is 15.8 Å². The monoisotopic (exact) mass is 239 g/mol. The molecular weight excluding hydrogens is 226 g/mol. The lowest BCUT2D eigenvalue weighted by atomic mass is 10.4. The van der Waals surface area contributed by atoms with Crippen molar-refractivity contribution in [3.05, 3.63) is 18.3 Å². The summed E-state index contributed by atoms with van der Waals surface area (Å²) in [4.78, 5) is 3.82. The Morgan fingerprint density at radius 3 is 2.81 bits per heavy atom.